The quantitative estimate of drug-likeness (QED) is 0.833. The van der Waals surface area contributed by atoms with Crippen LogP contribution in [0.3, 0.4) is 0 Å². The average molecular weight is 257 g/mol. The smallest absolute Gasteiger partial charge is 0.0991 e. The van der Waals surface area contributed by atoms with Crippen molar-refractivity contribution in [2.75, 3.05) is 27.2 Å². The van der Waals surface area contributed by atoms with Gasteiger partial charge in [0.05, 0.1) is 11.6 Å². The van der Waals surface area contributed by atoms with Gasteiger partial charge in [0.25, 0.3) is 0 Å². The summed E-state index contributed by atoms with van der Waals surface area (Å²) in [6.45, 7) is 5.44. The summed E-state index contributed by atoms with van der Waals surface area (Å²) < 4.78 is 0. The molecular weight excluding hydrogens is 234 g/mol. The Hall–Kier alpha value is -1.37. The Morgan fingerprint density at radius 1 is 1.47 bits per heavy atom. The summed E-state index contributed by atoms with van der Waals surface area (Å²) in [4.78, 5) is 4.86. The highest BCUT2D eigenvalue weighted by Gasteiger charge is 2.21. The number of likely N-dealkylation sites (tertiary alicyclic amines) is 1. The number of aryl methyl sites for hydroxylation is 1. The molecule has 3 heteroatoms. The summed E-state index contributed by atoms with van der Waals surface area (Å²) in [5.41, 5.74) is 3.30. The first-order chi connectivity index (χ1) is 9.10. The maximum atomic E-state index is 8.90. The molecule has 0 bridgehead atoms. The highest BCUT2D eigenvalue weighted by molar-refractivity contribution is 5.37. The van der Waals surface area contributed by atoms with Crippen LogP contribution in [0, 0.1) is 18.3 Å². The van der Waals surface area contributed by atoms with Crippen LogP contribution >= 0.6 is 0 Å². The van der Waals surface area contributed by atoms with Gasteiger partial charge >= 0.3 is 0 Å². The van der Waals surface area contributed by atoms with Gasteiger partial charge in [0.15, 0.2) is 0 Å². The molecule has 102 valence electrons. The average Bonchev–Trinajstić information content (AvgIpc) is 2.41. The number of nitriles is 1. The molecule has 0 aliphatic carbocycles. The second kappa shape index (κ2) is 6.18. The molecule has 1 fully saturated rings. The second-order valence-corrected chi connectivity index (χ2v) is 5.73. The van der Waals surface area contributed by atoms with Gasteiger partial charge in [-0.2, -0.15) is 5.26 Å². The van der Waals surface area contributed by atoms with E-state index in [1.165, 1.54) is 30.5 Å². The third-order valence-corrected chi connectivity index (χ3v) is 4.11. The fraction of sp³-hybridized carbons (Fsp3) is 0.562. The third kappa shape index (κ3) is 3.56. The zero-order valence-corrected chi connectivity index (χ0v) is 12.2. The van der Waals surface area contributed by atoms with Crippen LogP contribution < -0.4 is 0 Å². The molecule has 0 N–H and O–H groups in total. The number of hydrogen-bond acceptors (Lipinski definition) is 3. The molecular formula is C16H23N3. The van der Waals surface area contributed by atoms with Crippen molar-refractivity contribution < 1.29 is 0 Å². The summed E-state index contributed by atoms with van der Waals surface area (Å²) in [7, 11) is 4.41. The van der Waals surface area contributed by atoms with Crippen LogP contribution in [0.25, 0.3) is 0 Å². The minimum Gasteiger partial charge on any atom is -0.305 e. The molecule has 1 heterocycles. The predicted octanol–water partition coefficient (Wildman–Crippen LogP) is 2.39. The first-order valence-corrected chi connectivity index (χ1v) is 6.98. The lowest BCUT2D eigenvalue weighted by molar-refractivity contribution is 0.129. The first kappa shape index (κ1) is 14.0. The summed E-state index contributed by atoms with van der Waals surface area (Å²) in [5, 5.41) is 8.90. The summed E-state index contributed by atoms with van der Waals surface area (Å²) in [5.74, 6) is 0. The lowest BCUT2D eigenvalue weighted by atomic mass is 10.0. The SMILES string of the molecule is Cc1cc(C#N)ccc1CN(C)C1CCCN(C)C1. The van der Waals surface area contributed by atoms with Crippen molar-refractivity contribution in [1.29, 1.82) is 5.26 Å². The Morgan fingerprint density at radius 2 is 2.26 bits per heavy atom. The topological polar surface area (TPSA) is 30.3 Å². The lowest BCUT2D eigenvalue weighted by Gasteiger charge is -2.36. The molecule has 1 aromatic carbocycles. The van der Waals surface area contributed by atoms with E-state index in [0.717, 1.165) is 18.7 Å². The summed E-state index contributed by atoms with van der Waals surface area (Å²) in [6.07, 6.45) is 2.58. The zero-order chi connectivity index (χ0) is 13.8. The van der Waals surface area contributed by atoms with Crippen LogP contribution in [-0.4, -0.2) is 43.0 Å². The Morgan fingerprint density at radius 3 is 2.89 bits per heavy atom. The molecule has 0 saturated carbocycles. The molecule has 0 radical (unpaired) electrons. The Kier molecular flexibility index (Phi) is 4.57. The Balaban J connectivity index is 2.02. The molecule has 1 aliphatic rings. The van der Waals surface area contributed by atoms with Crippen molar-refractivity contribution in [2.45, 2.75) is 32.4 Å². The van der Waals surface area contributed by atoms with E-state index >= 15 is 0 Å². The van der Waals surface area contributed by atoms with E-state index < -0.39 is 0 Å². The fourth-order valence-corrected chi connectivity index (χ4v) is 2.84. The molecule has 2 rings (SSSR count). The van der Waals surface area contributed by atoms with E-state index in [-0.39, 0.29) is 0 Å². The van der Waals surface area contributed by atoms with Crippen molar-refractivity contribution in [1.82, 2.24) is 9.80 Å². The van der Waals surface area contributed by atoms with E-state index in [9.17, 15) is 0 Å². The highest BCUT2D eigenvalue weighted by atomic mass is 15.2. The molecule has 0 spiro atoms. The van der Waals surface area contributed by atoms with E-state index in [4.69, 9.17) is 5.26 Å². The van der Waals surface area contributed by atoms with E-state index in [1.54, 1.807) is 0 Å². The zero-order valence-electron chi connectivity index (χ0n) is 12.2. The number of benzene rings is 1. The monoisotopic (exact) mass is 257 g/mol. The number of likely N-dealkylation sites (N-methyl/N-ethyl adjacent to an activating group) is 2. The van der Waals surface area contributed by atoms with Gasteiger partial charge in [-0.3, -0.25) is 4.90 Å². The predicted molar refractivity (Wildman–Crippen MR) is 77.9 cm³/mol. The van der Waals surface area contributed by atoms with Crippen molar-refractivity contribution in [2.24, 2.45) is 0 Å². The molecule has 1 aliphatic heterocycles. The largest absolute Gasteiger partial charge is 0.305 e. The van der Waals surface area contributed by atoms with Crippen LogP contribution in [-0.2, 0) is 6.54 Å². The maximum absolute atomic E-state index is 8.90. The molecule has 0 aromatic heterocycles. The van der Waals surface area contributed by atoms with Crippen LogP contribution in [0.1, 0.15) is 29.5 Å². The Labute approximate surface area is 116 Å². The summed E-state index contributed by atoms with van der Waals surface area (Å²) in [6, 6.07) is 8.84. The molecule has 1 atom stereocenters. The van der Waals surface area contributed by atoms with Gasteiger partial charge in [-0.15, -0.1) is 0 Å². The van der Waals surface area contributed by atoms with Crippen LogP contribution in [0.4, 0.5) is 0 Å². The van der Waals surface area contributed by atoms with Gasteiger partial charge in [-0.05, 0) is 63.7 Å². The van der Waals surface area contributed by atoms with Crippen molar-refractivity contribution in [3.8, 4) is 6.07 Å². The van der Waals surface area contributed by atoms with Gasteiger partial charge in [0.2, 0.25) is 0 Å². The molecule has 19 heavy (non-hydrogen) atoms. The number of piperidine rings is 1. The van der Waals surface area contributed by atoms with Gasteiger partial charge in [0, 0.05) is 19.1 Å². The number of rotatable bonds is 3. The van der Waals surface area contributed by atoms with Gasteiger partial charge in [0.1, 0.15) is 0 Å². The van der Waals surface area contributed by atoms with E-state index in [0.29, 0.717) is 6.04 Å². The highest BCUT2D eigenvalue weighted by Crippen LogP contribution is 2.18. The number of nitrogens with zero attached hydrogens (tertiary/aromatic N) is 3. The van der Waals surface area contributed by atoms with Crippen LogP contribution in [0.15, 0.2) is 18.2 Å². The van der Waals surface area contributed by atoms with E-state index in [1.807, 2.05) is 12.1 Å². The molecule has 0 amide bonds. The minimum absolute atomic E-state index is 0.647. The maximum Gasteiger partial charge on any atom is 0.0991 e. The van der Waals surface area contributed by atoms with Crippen LogP contribution in [0.5, 0.6) is 0 Å². The van der Waals surface area contributed by atoms with Crippen molar-refractivity contribution in [3.63, 3.8) is 0 Å². The first-order valence-electron chi connectivity index (χ1n) is 6.98. The van der Waals surface area contributed by atoms with Crippen molar-refractivity contribution >= 4 is 0 Å². The molecule has 1 aromatic rings. The molecule has 1 saturated heterocycles. The number of hydrogen-bond donors (Lipinski definition) is 0. The van der Waals surface area contributed by atoms with Gasteiger partial charge < -0.3 is 4.90 Å². The van der Waals surface area contributed by atoms with E-state index in [2.05, 4.69) is 43.0 Å². The van der Waals surface area contributed by atoms with Gasteiger partial charge in [-0.1, -0.05) is 6.07 Å². The third-order valence-electron chi connectivity index (χ3n) is 4.11. The fourth-order valence-electron chi connectivity index (χ4n) is 2.84. The second-order valence-electron chi connectivity index (χ2n) is 5.73. The van der Waals surface area contributed by atoms with Crippen molar-refractivity contribution in [3.05, 3.63) is 34.9 Å². The Bertz CT molecular complexity index is 475. The minimum atomic E-state index is 0.647. The summed E-state index contributed by atoms with van der Waals surface area (Å²) >= 11 is 0. The normalized spacial score (nSPS) is 20.5. The molecule has 3 nitrogen and oxygen atoms in total. The standard InChI is InChI=1S/C16H23N3/c1-13-9-14(10-17)6-7-15(13)11-19(3)16-5-4-8-18(2)12-16/h6-7,9,16H,4-5,8,11-12H2,1-3H3. The van der Waals surface area contributed by atoms with Gasteiger partial charge in [-0.25, -0.2) is 0 Å². The lowest BCUT2D eigenvalue weighted by Crippen LogP contribution is -2.44. The molecule has 1 unspecified atom stereocenters. The van der Waals surface area contributed by atoms with Crippen LogP contribution in [0.2, 0.25) is 0 Å².